The first kappa shape index (κ1) is 8.26. The van der Waals surface area contributed by atoms with Gasteiger partial charge in [-0.25, -0.2) is 0 Å². The van der Waals surface area contributed by atoms with E-state index in [1.165, 1.54) is 0 Å². The molecule has 0 bridgehead atoms. The Labute approximate surface area is 77.1 Å². The summed E-state index contributed by atoms with van der Waals surface area (Å²) in [7, 11) is 0. The van der Waals surface area contributed by atoms with Gasteiger partial charge in [0.2, 0.25) is 5.91 Å². The zero-order valence-electron chi connectivity index (χ0n) is 7.50. The largest absolute Gasteiger partial charge is 0.333 e. The van der Waals surface area contributed by atoms with Gasteiger partial charge in [0.25, 0.3) is 0 Å². The van der Waals surface area contributed by atoms with Crippen LogP contribution in [-0.2, 0) is 10.5 Å². The van der Waals surface area contributed by atoms with Crippen molar-refractivity contribution >= 4 is 5.91 Å². The van der Waals surface area contributed by atoms with Crippen LogP contribution in [0.15, 0.2) is 30.3 Å². The summed E-state index contributed by atoms with van der Waals surface area (Å²) >= 11 is 0. The fourth-order valence-corrected chi connectivity index (χ4v) is 1.57. The average molecular weight is 176 g/mol. The molecule has 3 nitrogen and oxygen atoms in total. The first-order valence-electron chi connectivity index (χ1n) is 4.32. The topological polar surface area (TPSA) is 41.1 Å². The van der Waals surface area contributed by atoms with Crippen LogP contribution in [0.3, 0.4) is 0 Å². The molecule has 1 unspecified atom stereocenters. The van der Waals surface area contributed by atoms with Gasteiger partial charge in [0.15, 0.2) is 0 Å². The van der Waals surface area contributed by atoms with E-state index < -0.39 is 5.66 Å². The van der Waals surface area contributed by atoms with Crippen molar-refractivity contribution in [1.82, 2.24) is 10.6 Å². The summed E-state index contributed by atoms with van der Waals surface area (Å²) in [5, 5.41) is 6.03. The van der Waals surface area contributed by atoms with E-state index in [1.807, 2.05) is 37.3 Å². The molecule has 1 aromatic carbocycles. The maximum atomic E-state index is 11.1. The summed E-state index contributed by atoms with van der Waals surface area (Å²) in [6.07, 6.45) is 0. The Balaban J connectivity index is 2.31. The molecule has 13 heavy (non-hydrogen) atoms. The van der Waals surface area contributed by atoms with Crippen molar-refractivity contribution in [3.63, 3.8) is 0 Å². The Bertz CT molecular complexity index is 323. The normalized spacial score (nSPS) is 27.3. The van der Waals surface area contributed by atoms with Gasteiger partial charge in [-0.3, -0.25) is 10.1 Å². The highest BCUT2D eigenvalue weighted by Gasteiger charge is 2.33. The third-order valence-corrected chi connectivity index (χ3v) is 2.34. The van der Waals surface area contributed by atoms with Gasteiger partial charge in [-0.05, 0) is 12.5 Å². The lowest BCUT2D eigenvalue weighted by Gasteiger charge is -2.24. The van der Waals surface area contributed by atoms with E-state index in [-0.39, 0.29) is 5.91 Å². The maximum Gasteiger partial charge on any atom is 0.235 e. The fraction of sp³-hybridized carbons (Fsp3) is 0.300. The van der Waals surface area contributed by atoms with Gasteiger partial charge in [-0.15, -0.1) is 0 Å². The molecule has 0 spiro atoms. The molecule has 2 N–H and O–H groups in total. The van der Waals surface area contributed by atoms with Crippen LogP contribution in [0.2, 0.25) is 0 Å². The Kier molecular flexibility index (Phi) is 1.81. The molecule has 0 aliphatic carbocycles. The molecule has 68 valence electrons. The van der Waals surface area contributed by atoms with Crippen molar-refractivity contribution in [3.8, 4) is 0 Å². The van der Waals surface area contributed by atoms with Gasteiger partial charge in [0.1, 0.15) is 5.66 Å². The minimum atomic E-state index is -0.391. The molecule has 1 heterocycles. The number of rotatable bonds is 1. The molecule has 1 amide bonds. The highest BCUT2D eigenvalue weighted by molar-refractivity contribution is 5.81. The van der Waals surface area contributed by atoms with Crippen molar-refractivity contribution in [2.45, 2.75) is 12.6 Å². The molecule has 0 aromatic heterocycles. The van der Waals surface area contributed by atoms with Gasteiger partial charge in [-0.2, -0.15) is 0 Å². The van der Waals surface area contributed by atoms with Gasteiger partial charge < -0.3 is 5.32 Å². The predicted molar refractivity (Wildman–Crippen MR) is 49.9 cm³/mol. The fourth-order valence-electron chi connectivity index (χ4n) is 1.57. The summed E-state index contributed by atoms with van der Waals surface area (Å²) in [6, 6.07) is 9.89. The van der Waals surface area contributed by atoms with Gasteiger partial charge in [-0.1, -0.05) is 30.3 Å². The summed E-state index contributed by atoms with van der Waals surface area (Å²) in [5.74, 6) is 0.0475. The van der Waals surface area contributed by atoms with E-state index in [0.29, 0.717) is 6.54 Å². The molecule has 2 rings (SSSR count). The highest BCUT2D eigenvalue weighted by atomic mass is 16.2. The maximum absolute atomic E-state index is 11.1. The van der Waals surface area contributed by atoms with E-state index in [0.717, 1.165) is 5.56 Å². The second-order valence-electron chi connectivity index (χ2n) is 3.39. The molecule has 1 fully saturated rings. The molecule has 3 heteroatoms. The summed E-state index contributed by atoms with van der Waals surface area (Å²) in [6.45, 7) is 2.36. The minimum absolute atomic E-state index is 0.0475. The quantitative estimate of drug-likeness (QED) is 0.657. The zero-order valence-corrected chi connectivity index (χ0v) is 7.50. The Morgan fingerprint density at radius 2 is 2.00 bits per heavy atom. The van der Waals surface area contributed by atoms with Gasteiger partial charge in [0, 0.05) is 0 Å². The monoisotopic (exact) mass is 176 g/mol. The molecule has 0 saturated carbocycles. The minimum Gasteiger partial charge on any atom is -0.333 e. The van der Waals surface area contributed by atoms with Crippen LogP contribution >= 0.6 is 0 Å². The highest BCUT2D eigenvalue weighted by Crippen LogP contribution is 2.19. The first-order chi connectivity index (χ1) is 6.21. The number of benzene rings is 1. The first-order valence-corrected chi connectivity index (χ1v) is 4.32. The van der Waals surface area contributed by atoms with E-state index in [4.69, 9.17) is 0 Å². The van der Waals surface area contributed by atoms with Crippen molar-refractivity contribution < 1.29 is 4.79 Å². The molecular formula is C10H12N2O. The standard InChI is InChI=1S/C10H12N2O/c1-10(11-7-9(13)12-10)8-5-3-2-4-6-8/h2-6,11H,7H2,1H3,(H,12,13). The number of amides is 1. The Morgan fingerprint density at radius 1 is 1.31 bits per heavy atom. The van der Waals surface area contributed by atoms with E-state index >= 15 is 0 Å². The summed E-state index contributed by atoms with van der Waals surface area (Å²) in [4.78, 5) is 11.1. The van der Waals surface area contributed by atoms with E-state index in [9.17, 15) is 4.79 Å². The summed E-state index contributed by atoms with van der Waals surface area (Å²) in [5.41, 5.74) is 0.694. The second kappa shape index (κ2) is 2.85. The van der Waals surface area contributed by atoms with Crippen molar-refractivity contribution in [3.05, 3.63) is 35.9 Å². The lowest BCUT2D eigenvalue weighted by Crippen LogP contribution is -2.43. The zero-order chi connectivity index (χ0) is 9.31. The number of hydrogen-bond acceptors (Lipinski definition) is 2. The molecule has 0 radical (unpaired) electrons. The van der Waals surface area contributed by atoms with Crippen LogP contribution in [-0.4, -0.2) is 12.5 Å². The second-order valence-corrected chi connectivity index (χ2v) is 3.39. The van der Waals surface area contributed by atoms with E-state index in [1.54, 1.807) is 0 Å². The van der Waals surface area contributed by atoms with Crippen molar-refractivity contribution in [2.24, 2.45) is 0 Å². The van der Waals surface area contributed by atoms with Crippen molar-refractivity contribution in [2.75, 3.05) is 6.54 Å². The Hall–Kier alpha value is -1.35. The lowest BCUT2D eigenvalue weighted by molar-refractivity contribution is -0.118. The van der Waals surface area contributed by atoms with Crippen LogP contribution in [0.5, 0.6) is 0 Å². The number of carbonyl (C=O) groups is 1. The van der Waals surface area contributed by atoms with Crippen LogP contribution in [0.1, 0.15) is 12.5 Å². The summed E-state index contributed by atoms with van der Waals surface area (Å²) < 4.78 is 0. The van der Waals surface area contributed by atoms with Crippen molar-refractivity contribution in [1.29, 1.82) is 0 Å². The molecule has 1 atom stereocenters. The average Bonchev–Trinajstić information content (AvgIpc) is 2.49. The van der Waals surface area contributed by atoms with Crippen LogP contribution in [0, 0.1) is 0 Å². The molecule has 1 aliphatic heterocycles. The molecule has 1 aliphatic rings. The van der Waals surface area contributed by atoms with Gasteiger partial charge in [0.05, 0.1) is 6.54 Å². The third kappa shape index (κ3) is 1.42. The third-order valence-electron chi connectivity index (χ3n) is 2.34. The van der Waals surface area contributed by atoms with Gasteiger partial charge >= 0.3 is 0 Å². The molecular weight excluding hydrogens is 164 g/mol. The number of hydrogen-bond donors (Lipinski definition) is 2. The number of carbonyl (C=O) groups excluding carboxylic acids is 1. The van der Waals surface area contributed by atoms with E-state index in [2.05, 4.69) is 10.6 Å². The smallest absolute Gasteiger partial charge is 0.235 e. The lowest BCUT2D eigenvalue weighted by atomic mass is 10.0. The van der Waals surface area contributed by atoms with Crippen LogP contribution in [0.25, 0.3) is 0 Å². The molecule has 1 aromatic rings. The number of nitrogens with one attached hydrogen (secondary N) is 2. The Morgan fingerprint density at radius 3 is 2.54 bits per heavy atom. The molecule has 1 saturated heterocycles. The predicted octanol–water partition coefficient (Wildman–Crippen LogP) is 0.579. The SMILES string of the molecule is CC1(c2ccccc2)NCC(=O)N1. The van der Waals surface area contributed by atoms with Crippen LogP contribution < -0.4 is 10.6 Å². The van der Waals surface area contributed by atoms with Crippen LogP contribution in [0.4, 0.5) is 0 Å².